The fourth-order valence-corrected chi connectivity index (χ4v) is 6.25. The SMILES string of the molecule is C.Cc1cccc(C(CCCC2CCC(N)CC2)c2cn(C3CCOCC3)c3ccccc23)c1. The molecule has 1 saturated heterocycles. The molecule has 1 saturated carbocycles. The molecule has 2 aliphatic rings. The lowest BCUT2D eigenvalue weighted by atomic mass is 9.81. The molecule has 184 valence electrons. The average Bonchev–Trinajstić information content (AvgIpc) is 3.23. The molecule has 2 aromatic carbocycles. The predicted molar refractivity (Wildman–Crippen MR) is 145 cm³/mol. The standard InChI is InChI=1S/C30H40N2O.CH4/c1-22-6-4-8-24(20-22)27(10-5-7-23-12-14-25(31)15-13-23)29-21-32(26-16-18-33-19-17-26)30-11-3-2-9-28(29)30;/h2-4,6,8-9,11,20-21,23,25-27H,5,7,10,12-19,31H2,1H3;1H4. The third kappa shape index (κ3) is 5.58. The topological polar surface area (TPSA) is 40.2 Å². The maximum absolute atomic E-state index is 6.15. The van der Waals surface area contributed by atoms with Crippen molar-refractivity contribution in [2.24, 2.45) is 11.7 Å². The van der Waals surface area contributed by atoms with Crippen molar-refractivity contribution in [3.8, 4) is 0 Å². The van der Waals surface area contributed by atoms with Gasteiger partial charge in [-0.1, -0.05) is 68.3 Å². The number of nitrogens with zero attached hydrogens (tertiary/aromatic N) is 1. The molecule has 2 fully saturated rings. The molecule has 0 amide bonds. The van der Waals surface area contributed by atoms with Crippen LogP contribution in [0.2, 0.25) is 0 Å². The van der Waals surface area contributed by atoms with Gasteiger partial charge in [0.25, 0.3) is 0 Å². The van der Waals surface area contributed by atoms with E-state index < -0.39 is 0 Å². The molecule has 1 atom stereocenters. The van der Waals surface area contributed by atoms with Crippen LogP contribution in [0.3, 0.4) is 0 Å². The highest BCUT2D eigenvalue weighted by Gasteiger charge is 2.25. The van der Waals surface area contributed by atoms with E-state index >= 15 is 0 Å². The highest BCUT2D eigenvalue weighted by Crippen LogP contribution is 2.39. The van der Waals surface area contributed by atoms with Crippen molar-refractivity contribution in [1.82, 2.24) is 4.57 Å². The van der Waals surface area contributed by atoms with Gasteiger partial charge in [0.15, 0.2) is 0 Å². The van der Waals surface area contributed by atoms with E-state index in [9.17, 15) is 0 Å². The van der Waals surface area contributed by atoms with Gasteiger partial charge in [-0.25, -0.2) is 0 Å². The lowest BCUT2D eigenvalue weighted by molar-refractivity contribution is 0.0707. The molecule has 3 aromatic rings. The van der Waals surface area contributed by atoms with Crippen LogP contribution in [-0.2, 0) is 4.74 Å². The lowest BCUT2D eigenvalue weighted by Gasteiger charge is -2.27. The second kappa shape index (κ2) is 11.6. The fourth-order valence-electron chi connectivity index (χ4n) is 6.25. The first kappa shape index (κ1) is 25.0. The van der Waals surface area contributed by atoms with Crippen molar-refractivity contribution in [3.05, 3.63) is 71.4 Å². The first-order valence-electron chi connectivity index (χ1n) is 13.2. The summed E-state index contributed by atoms with van der Waals surface area (Å²) in [5.74, 6) is 1.31. The van der Waals surface area contributed by atoms with Gasteiger partial charge in [0.05, 0.1) is 0 Å². The minimum absolute atomic E-state index is 0. The number of benzene rings is 2. The summed E-state index contributed by atoms with van der Waals surface area (Å²) >= 11 is 0. The van der Waals surface area contributed by atoms with Gasteiger partial charge in [0.2, 0.25) is 0 Å². The molecule has 2 heterocycles. The van der Waals surface area contributed by atoms with E-state index in [-0.39, 0.29) is 7.43 Å². The fraction of sp³-hybridized carbons (Fsp3) is 0.548. The molecule has 0 bridgehead atoms. The maximum Gasteiger partial charge on any atom is 0.0486 e. The predicted octanol–water partition coefficient (Wildman–Crippen LogP) is 7.76. The zero-order valence-corrected chi connectivity index (χ0v) is 20.2. The first-order chi connectivity index (χ1) is 16.2. The molecule has 3 nitrogen and oxygen atoms in total. The van der Waals surface area contributed by atoms with Gasteiger partial charge in [-0.2, -0.15) is 0 Å². The van der Waals surface area contributed by atoms with Crippen LogP contribution in [0.4, 0.5) is 0 Å². The Labute approximate surface area is 206 Å². The molecule has 3 heteroatoms. The summed E-state index contributed by atoms with van der Waals surface area (Å²) in [6, 6.07) is 19.2. The second-order valence-electron chi connectivity index (χ2n) is 10.5. The van der Waals surface area contributed by atoms with E-state index in [2.05, 4.69) is 66.2 Å². The zero-order valence-electron chi connectivity index (χ0n) is 20.2. The number of aromatic nitrogens is 1. The Hall–Kier alpha value is -2.10. The van der Waals surface area contributed by atoms with E-state index in [1.54, 1.807) is 0 Å². The van der Waals surface area contributed by atoms with Crippen molar-refractivity contribution >= 4 is 10.9 Å². The van der Waals surface area contributed by atoms with E-state index in [0.717, 1.165) is 32.0 Å². The molecule has 34 heavy (non-hydrogen) atoms. The molecular weight excluding hydrogens is 416 g/mol. The van der Waals surface area contributed by atoms with Gasteiger partial charge in [-0.15, -0.1) is 0 Å². The minimum Gasteiger partial charge on any atom is -0.381 e. The number of fused-ring (bicyclic) bond motifs is 1. The van der Waals surface area contributed by atoms with E-state index in [1.807, 2.05) is 0 Å². The van der Waals surface area contributed by atoms with Crippen molar-refractivity contribution < 1.29 is 4.74 Å². The van der Waals surface area contributed by atoms with E-state index in [4.69, 9.17) is 10.5 Å². The molecule has 1 aromatic heterocycles. The van der Waals surface area contributed by atoms with Gasteiger partial charge in [0.1, 0.15) is 0 Å². The number of ether oxygens (including phenoxy) is 1. The molecule has 1 aliphatic carbocycles. The summed E-state index contributed by atoms with van der Waals surface area (Å²) < 4.78 is 8.23. The first-order valence-corrected chi connectivity index (χ1v) is 13.2. The molecule has 0 radical (unpaired) electrons. The maximum atomic E-state index is 6.15. The summed E-state index contributed by atoms with van der Waals surface area (Å²) in [6.07, 6.45) is 13.6. The van der Waals surface area contributed by atoms with Crippen LogP contribution in [0.25, 0.3) is 10.9 Å². The van der Waals surface area contributed by atoms with Crippen LogP contribution in [0.15, 0.2) is 54.7 Å². The van der Waals surface area contributed by atoms with Crippen LogP contribution in [0, 0.1) is 12.8 Å². The Morgan fingerprint density at radius 2 is 1.74 bits per heavy atom. The number of nitrogens with two attached hydrogens (primary N) is 1. The quantitative estimate of drug-likeness (QED) is 0.391. The summed E-state index contributed by atoms with van der Waals surface area (Å²) in [5.41, 5.74) is 11.9. The van der Waals surface area contributed by atoms with Crippen molar-refractivity contribution in [2.45, 2.75) is 90.1 Å². The summed E-state index contributed by atoms with van der Waals surface area (Å²) in [7, 11) is 0. The second-order valence-corrected chi connectivity index (χ2v) is 10.5. The normalized spacial score (nSPS) is 22.4. The Bertz CT molecular complexity index is 1040. The van der Waals surface area contributed by atoms with Crippen molar-refractivity contribution in [2.75, 3.05) is 13.2 Å². The number of aryl methyl sites for hydroxylation is 1. The highest BCUT2D eigenvalue weighted by molar-refractivity contribution is 5.85. The van der Waals surface area contributed by atoms with Crippen LogP contribution in [0.1, 0.15) is 93.9 Å². The van der Waals surface area contributed by atoms with Gasteiger partial charge in [-0.05, 0) is 75.0 Å². The Morgan fingerprint density at radius 1 is 0.971 bits per heavy atom. The molecule has 5 rings (SSSR count). The molecular formula is C31H44N2O. The molecule has 2 N–H and O–H groups in total. The third-order valence-electron chi connectivity index (χ3n) is 8.17. The number of hydrogen-bond donors (Lipinski definition) is 1. The molecule has 1 unspecified atom stereocenters. The smallest absolute Gasteiger partial charge is 0.0486 e. The van der Waals surface area contributed by atoms with E-state index in [0.29, 0.717) is 18.0 Å². The van der Waals surface area contributed by atoms with Gasteiger partial charge < -0.3 is 15.0 Å². The van der Waals surface area contributed by atoms with Crippen molar-refractivity contribution in [3.63, 3.8) is 0 Å². The summed E-state index contributed by atoms with van der Waals surface area (Å²) in [4.78, 5) is 0. The average molecular weight is 461 g/mol. The lowest BCUT2D eigenvalue weighted by Crippen LogP contribution is -2.26. The summed E-state index contributed by atoms with van der Waals surface area (Å²) in [6.45, 7) is 3.97. The van der Waals surface area contributed by atoms with Gasteiger partial charge in [-0.3, -0.25) is 0 Å². The molecule has 1 aliphatic heterocycles. The minimum atomic E-state index is 0. The highest BCUT2D eigenvalue weighted by atomic mass is 16.5. The van der Waals surface area contributed by atoms with Crippen LogP contribution < -0.4 is 5.73 Å². The Balaban J connectivity index is 0.00000274. The van der Waals surface area contributed by atoms with Crippen LogP contribution >= 0.6 is 0 Å². The summed E-state index contributed by atoms with van der Waals surface area (Å²) in [5, 5.41) is 1.43. The Kier molecular flexibility index (Phi) is 8.50. The molecule has 0 spiro atoms. The van der Waals surface area contributed by atoms with Crippen molar-refractivity contribution in [1.29, 1.82) is 0 Å². The largest absolute Gasteiger partial charge is 0.381 e. The van der Waals surface area contributed by atoms with Gasteiger partial charge in [0, 0.05) is 48.3 Å². The third-order valence-corrected chi connectivity index (χ3v) is 8.17. The van der Waals surface area contributed by atoms with E-state index in [1.165, 1.54) is 72.5 Å². The number of rotatable bonds is 7. The van der Waals surface area contributed by atoms with Crippen LogP contribution in [-0.4, -0.2) is 23.8 Å². The zero-order chi connectivity index (χ0) is 22.6. The monoisotopic (exact) mass is 460 g/mol. The number of hydrogen-bond acceptors (Lipinski definition) is 2. The van der Waals surface area contributed by atoms with Gasteiger partial charge >= 0.3 is 0 Å². The number of para-hydroxylation sites is 1. The Morgan fingerprint density at radius 3 is 2.50 bits per heavy atom. The van der Waals surface area contributed by atoms with Crippen LogP contribution in [0.5, 0.6) is 0 Å².